The standard InChI is InChI=1S/C17H18ClNO5/c18-15-8-13(24-10-12(21)9-20)6-7-14(15)17(23,16(19)22)11-4-2-1-3-5-11/h1-8,12,20-21,23H,9-10H2,(H2,19,22)/t12-,17?/m0/s1. The molecule has 0 aliphatic heterocycles. The van der Waals surface area contributed by atoms with Crippen molar-refractivity contribution in [3.8, 4) is 5.75 Å². The summed E-state index contributed by atoms with van der Waals surface area (Å²) in [5, 5.41) is 29.0. The molecular weight excluding hydrogens is 334 g/mol. The molecule has 0 saturated carbocycles. The van der Waals surface area contributed by atoms with Gasteiger partial charge in [-0.2, -0.15) is 0 Å². The summed E-state index contributed by atoms with van der Waals surface area (Å²) >= 11 is 6.20. The fourth-order valence-electron chi connectivity index (χ4n) is 2.23. The molecule has 7 heteroatoms. The van der Waals surface area contributed by atoms with Gasteiger partial charge in [-0.25, -0.2) is 0 Å². The number of amides is 1. The normalized spacial score (nSPS) is 14.7. The molecule has 2 aromatic rings. The number of hydrogen-bond acceptors (Lipinski definition) is 5. The molecular formula is C17H18ClNO5. The second kappa shape index (κ2) is 7.63. The molecule has 0 spiro atoms. The maximum absolute atomic E-state index is 11.9. The largest absolute Gasteiger partial charge is 0.491 e. The molecule has 1 unspecified atom stereocenters. The van der Waals surface area contributed by atoms with Gasteiger partial charge in [0.1, 0.15) is 18.5 Å². The molecule has 0 bridgehead atoms. The van der Waals surface area contributed by atoms with Gasteiger partial charge in [0.15, 0.2) is 5.60 Å². The van der Waals surface area contributed by atoms with E-state index in [0.29, 0.717) is 11.3 Å². The second-order valence-electron chi connectivity index (χ2n) is 5.23. The van der Waals surface area contributed by atoms with Crippen LogP contribution in [0.25, 0.3) is 0 Å². The number of carbonyl (C=O) groups is 1. The number of aliphatic hydroxyl groups excluding tert-OH is 2. The van der Waals surface area contributed by atoms with Crippen molar-refractivity contribution in [1.82, 2.24) is 0 Å². The van der Waals surface area contributed by atoms with E-state index in [-0.39, 0.29) is 17.2 Å². The number of aliphatic hydroxyl groups is 3. The first-order valence-electron chi connectivity index (χ1n) is 7.19. The fraction of sp³-hybridized carbons (Fsp3) is 0.235. The summed E-state index contributed by atoms with van der Waals surface area (Å²) in [7, 11) is 0. The number of nitrogens with two attached hydrogens (primary N) is 1. The van der Waals surface area contributed by atoms with E-state index in [1.54, 1.807) is 30.3 Å². The van der Waals surface area contributed by atoms with Crippen molar-refractivity contribution in [2.24, 2.45) is 5.73 Å². The van der Waals surface area contributed by atoms with E-state index < -0.39 is 24.2 Å². The number of hydrogen-bond donors (Lipinski definition) is 4. The molecule has 2 atom stereocenters. The molecule has 5 N–H and O–H groups in total. The Morgan fingerprint density at radius 2 is 1.92 bits per heavy atom. The van der Waals surface area contributed by atoms with E-state index in [0.717, 1.165) is 0 Å². The lowest BCUT2D eigenvalue weighted by molar-refractivity contribution is -0.133. The van der Waals surface area contributed by atoms with Crippen LogP contribution in [0.5, 0.6) is 5.75 Å². The summed E-state index contributed by atoms with van der Waals surface area (Å²) in [6.07, 6.45) is -1.02. The van der Waals surface area contributed by atoms with Gasteiger partial charge >= 0.3 is 0 Å². The van der Waals surface area contributed by atoms with Crippen LogP contribution in [0.1, 0.15) is 11.1 Å². The summed E-state index contributed by atoms with van der Waals surface area (Å²) in [4.78, 5) is 11.9. The minimum atomic E-state index is -2.08. The molecule has 0 saturated heterocycles. The molecule has 0 aliphatic carbocycles. The van der Waals surface area contributed by atoms with E-state index in [2.05, 4.69) is 0 Å². The SMILES string of the molecule is NC(=O)C(O)(c1ccccc1)c1ccc(OC[C@@H](O)CO)cc1Cl. The Morgan fingerprint density at radius 3 is 2.46 bits per heavy atom. The molecule has 2 rings (SSSR count). The summed E-state index contributed by atoms with van der Waals surface area (Å²) in [6, 6.07) is 12.6. The van der Waals surface area contributed by atoms with Crippen molar-refractivity contribution in [2.45, 2.75) is 11.7 Å². The van der Waals surface area contributed by atoms with Gasteiger partial charge in [0.2, 0.25) is 0 Å². The Balaban J connectivity index is 2.37. The molecule has 0 fully saturated rings. The van der Waals surface area contributed by atoms with Gasteiger partial charge in [-0.3, -0.25) is 4.79 Å². The van der Waals surface area contributed by atoms with Crippen LogP contribution in [0.2, 0.25) is 5.02 Å². The van der Waals surface area contributed by atoms with Gasteiger partial charge in [-0.15, -0.1) is 0 Å². The quantitative estimate of drug-likeness (QED) is 0.589. The van der Waals surface area contributed by atoms with Crippen LogP contribution >= 0.6 is 11.6 Å². The van der Waals surface area contributed by atoms with Crippen molar-refractivity contribution in [3.63, 3.8) is 0 Å². The monoisotopic (exact) mass is 351 g/mol. The Bertz CT molecular complexity index is 709. The molecule has 24 heavy (non-hydrogen) atoms. The van der Waals surface area contributed by atoms with Crippen LogP contribution in [0, 0.1) is 0 Å². The van der Waals surface area contributed by atoms with Crippen molar-refractivity contribution in [2.75, 3.05) is 13.2 Å². The maximum Gasteiger partial charge on any atom is 0.258 e. The van der Waals surface area contributed by atoms with E-state index in [9.17, 15) is 15.0 Å². The summed E-state index contributed by atoms with van der Waals surface area (Å²) < 4.78 is 5.28. The summed E-state index contributed by atoms with van der Waals surface area (Å²) in [5.74, 6) is -0.642. The lowest BCUT2D eigenvalue weighted by Gasteiger charge is -2.27. The zero-order chi connectivity index (χ0) is 17.7. The Hall–Kier alpha value is -2.12. The minimum absolute atomic E-state index is 0.0798. The van der Waals surface area contributed by atoms with Gasteiger partial charge < -0.3 is 25.8 Å². The Labute approximate surface area is 144 Å². The molecule has 2 aromatic carbocycles. The molecule has 0 radical (unpaired) electrons. The molecule has 1 amide bonds. The van der Waals surface area contributed by atoms with Crippen molar-refractivity contribution < 1.29 is 24.9 Å². The van der Waals surface area contributed by atoms with Gasteiger partial charge in [-0.1, -0.05) is 48.0 Å². The fourth-order valence-corrected chi connectivity index (χ4v) is 2.54. The Kier molecular flexibility index (Phi) is 5.80. The average Bonchev–Trinajstić information content (AvgIpc) is 2.59. The van der Waals surface area contributed by atoms with Gasteiger partial charge in [0, 0.05) is 5.56 Å². The van der Waals surface area contributed by atoms with E-state index in [4.69, 9.17) is 27.2 Å². The second-order valence-corrected chi connectivity index (χ2v) is 5.64. The Morgan fingerprint density at radius 1 is 1.25 bits per heavy atom. The first-order valence-corrected chi connectivity index (χ1v) is 7.57. The minimum Gasteiger partial charge on any atom is -0.491 e. The number of carbonyl (C=O) groups excluding carboxylic acids is 1. The lowest BCUT2D eigenvalue weighted by atomic mass is 9.85. The van der Waals surface area contributed by atoms with Gasteiger partial charge in [0.05, 0.1) is 11.6 Å². The molecule has 6 nitrogen and oxygen atoms in total. The number of halogens is 1. The van der Waals surface area contributed by atoms with Gasteiger partial charge in [-0.05, 0) is 17.7 Å². The third-order valence-electron chi connectivity index (χ3n) is 3.53. The van der Waals surface area contributed by atoms with Crippen LogP contribution in [0.4, 0.5) is 0 Å². The van der Waals surface area contributed by atoms with Crippen LogP contribution in [0.3, 0.4) is 0 Å². The highest BCUT2D eigenvalue weighted by Gasteiger charge is 2.39. The zero-order valence-electron chi connectivity index (χ0n) is 12.7. The maximum atomic E-state index is 11.9. The number of benzene rings is 2. The summed E-state index contributed by atoms with van der Waals surface area (Å²) in [6.45, 7) is -0.549. The highest BCUT2D eigenvalue weighted by Crippen LogP contribution is 2.36. The number of rotatable bonds is 7. The van der Waals surface area contributed by atoms with Gasteiger partial charge in [0.25, 0.3) is 5.91 Å². The highest BCUT2D eigenvalue weighted by atomic mass is 35.5. The predicted molar refractivity (Wildman–Crippen MR) is 88.7 cm³/mol. The lowest BCUT2D eigenvalue weighted by Crippen LogP contribution is -2.42. The zero-order valence-corrected chi connectivity index (χ0v) is 13.5. The van der Waals surface area contributed by atoms with E-state index in [1.165, 1.54) is 18.2 Å². The van der Waals surface area contributed by atoms with Crippen LogP contribution < -0.4 is 10.5 Å². The molecule has 0 aromatic heterocycles. The number of ether oxygens (including phenoxy) is 1. The topological polar surface area (TPSA) is 113 Å². The smallest absolute Gasteiger partial charge is 0.258 e. The van der Waals surface area contributed by atoms with Crippen LogP contribution in [-0.2, 0) is 10.4 Å². The highest BCUT2D eigenvalue weighted by molar-refractivity contribution is 6.32. The molecule has 0 heterocycles. The average molecular weight is 352 g/mol. The molecule has 0 aliphatic rings. The van der Waals surface area contributed by atoms with Crippen LogP contribution in [0.15, 0.2) is 48.5 Å². The van der Waals surface area contributed by atoms with Crippen LogP contribution in [-0.4, -0.2) is 40.5 Å². The third kappa shape index (κ3) is 3.68. The summed E-state index contributed by atoms with van der Waals surface area (Å²) in [5.41, 5.74) is 3.76. The third-order valence-corrected chi connectivity index (χ3v) is 3.84. The predicted octanol–water partition coefficient (Wildman–Crippen LogP) is 0.793. The van der Waals surface area contributed by atoms with Crippen molar-refractivity contribution in [3.05, 3.63) is 64.7 Å². The molecule has 128 valence electrons. The first-order chi connectivity index (χ1) is 11.4. The number of primary amides is 1. The van der Waals surface area contributed by atoms with E-state index in [1.807, 2.05) is 0 Å². The van der Waals surface area contributed by atoms with Crippen molar-refractivity contribution in [1.29, 1.82) is 0 Å². The first kappa shape index (κ1) is 18.2. The van der Waals surface area contributed by atoms with E-state index >= 15 is 0 Å². The van der Waals surface area contributed by atoms with Crippen molar-refractivity contribution >= 4 is 17.5 Å².